The number of aliphatic hydroxyl groups excluding tert-OH is 1. The molecule has 1 heterocycles. The molecule has 14 heavy (non-hydrogen) atoms. The molecule has 0 aliphatic rings. The summed E-state index contributed by atoms with van der Waals surface area (Å²) in [6, 6.07) is 2.06. The van der Waals surface area contributed by atoms with Crippen molar-refractivity contribution in [2.75, 3.05) is 13.2 Å². The third-order valence-corrected chi connectivity index (χ3v) is 2.61. The van der Waals surface area contributed by atoms with E-state index < -0.39 is 0 Å². The van der Waals surface area contributed by atoms with Crippen molar-refractivity contribution in [2.24, 2.45) is 0 Å². The van der Waals surface area contributed by atoms with Crippen LogP contribution in [0.2, 0.25) is 0 Å². The minimum absolute atomic E-state index is 0.0225. The van der Waals surface area contributed by atoms with Gasteiger partial charge in [0, 0.05) is 19.6 Å². The third kappa shape index (κ3) is 4.39. The number of thiophene rings is 1. The van der Waals surface area contributed by atoms with Crippen LogP contribution in [-0.2, 0) is 11.2 Å². The highest BCUT2D eigenvalue weighted by Crippen LogP contribution is 2.05. The van der Waals surface area contributed by atoms with Crippen LogP contribution in [0.3, 0.4) is 0 Å². The number of hydrogen-bond donors (Lipinski definition) is 2. The number of carbonyl (C=O) groups is 1. The Labute approximate surface area is 87.8 Å². The van der Waals surface area contributed by atoms with E-state index in [1.807, 2.05) is 5.38 Å². The molecular weight excluding hydrogens is 198 g/mol. The summed E-state index contributed by atoms with van der Waals surface area (Å²) in [5.41, 5.74) is 1.26. The van der Waals surface area contributed by atoms with Crippen LogP contribution >= 0.6 is 11.3 Å². The van der Waals surface area contributed by atoms with Crippen molar-refractivity contribution in [3.8, 4) is 0 Å². The Bertz CT molecular complexity index is 259. The smallest absolute Gasteiger partial charge is 0.220 e. The average molecular weight is 213 g/mol. The van der Waals surface area contributed by atoms with Gasteiger partial charge in [-0.2, -0.15) is 11.3 Å². The molecule has 0 aliphatic carbocycles. The molecule has 0 bridgehead atoms. The number of aliphatic hydroxyl groups is 1. The molecular formula is C10H15NO2S. The topological polar surface area (TPSA) is 49.3 Å². The molecule has 0 radical (unpaired) electrons. The van der Waals surface area contributed by atoms with E-state index in [0.29, 0.717) is 19.4 Å². The first-order chi connectivity index (χ1) is 6.83. The maximum absolute atomic E-state index is 11.1. The number of nitrogens with one attached hydrogen (secondary N) is 1. The van der Waals surface area contributed by atoms with E-state index >= 15 is 0 Å². The highest BCUT2D eigenvalue weighted by atomic mass is 32.1. The van der Waals surface area contributed by atoms with Gasteiger partial charge < -0.3 is 10.4 Å². The van der Waals surface area contributed by atoms with Gasteiger partial charge in [0.25, 0.3) is 0 Å². The van der Waals surface area contributed by atoms with E-state index in [4.69, 9.17) is 5.11 Å². The zero-order valence-corrected chi connectivity index (χ0v) is 8.85. The summed E-state index contributed by atoms with van der Waals surface area (Å²) in [6.45, 7) is 0.763. The lowest BCUT2D eigenvalue weighted by molar-refractivity contribution is -0.121. The standard InChI is InChI=1S/C10H15NO2S/c12-6-1-2-10(13)11-5-3-9-4-7-14-8-9/h4,7-8,12H,1-3,5-6H2,(H,11,13). The molecule has 0 spiro atoms. The summed E-state index contributed by atoms with van der Waals surface area (Å²) in [4.78, 5) is 11.1. The summed E-state index contributed by atoms with van der Waals surface area (Å²) >= 11 is 1.67. The van der Waals surface area contributed by atoms with Gasteiger partial charge in [-0.3, -0.25) is 4.79 Å². The Hall–Kier alpha value is -0.870. The van der Waals surface area contributed by atoms with Crippen LogP contribution in [0.1, 0.15) is 18.4 Å². The van der Waals surface area contributed by atoms with Crippen molar-refractivity contribution in [1.29, 1.82) is 0 Å². The number of hydrogen-bond acceptors (Lipinski definition) is 3. The number of carbonyl (C=O) groups excluding carboxylic acids is 1. The van der Waals surface area contributed by atoms with Gasteiger partial charge in [0.1, 0.15) is 0 Å². The summed E-state index contributed by atoms with van der Waals surface area (Å²) in [6.07, 6.45) is 1.85. The van der Waals surface area contributed by atoms with E-state index in [9.17, 15) is 4.79 Å². The molecule has 3 nitrogen and oxygen atoms in total. The van der Waals surface area contributed by atoms with Crippen molar-refractivity contribution in [2.45, 2.75) is 19.3 Å². The first kappa shape index (κ1) is 11.2. The number of amides is 1. The molecule has 0 saturated heterocycles. The average Bonchev–Trinajstić information content (AvgIpc) is 2.67. The second-order valence-corrected chi connectivity index (χ2v) is 3.84. The fraction of sp³-hybridized carbons (Fsp3) is 0.500. The molecule has 1 aromatic rings. The van der Waals surface area contributed by atoms with Crippen molar-refractivity contribution >= 4 is 17.2 Å². The Balaban J connectivity index is 2.06. The second-order valence-electron chi connectivity index (χ2n) is 3.06. The summed E-state index contributed by atoms with van der Waals surface area (Å²) < 4.78 is 0. The van der Waals surface area contributed by atoms with E-state index in [1.54, 1.807) is 11.3 Å². The fourth-order valence-electron chi connectivity index (χ4n) is 1.11. The minimum Gasteiger partial charge on any atom is -0.396 e. The van der Waals surface area contributed by atoms with Gasteiger partial charge in [0.2, 0.25) is 5.91 Å². The Kier molecular flexibility index (Phi) is 5.25. The van der Waals surface area contributed by atoms with Crippen LogP contribution in [0, 0.1) is 0 Å². The van der Waals surface area contributed by atoms with Crippen LogP contribution in [0.5, 0.6) is 0 Å². The Morgan fingerprint density at radius 2 is 2.43 bits per heavy atom. The van der Waals surface area contributed by atoms with E-state index in [2.05, 4.69) is 16.8 Å². The van der Waals surface area contributed by atoms with Crippen molar-refractivity contribution in [1.82, 2.24) is 5.32 Å². The van der Waals surface area contributed by atoms with Gasteiger partial charge >= 0.3 is 0 Å². The van der Waals surface area contributed by atoms with Gasteiger partial charge in [-0.1, -0.05) is 0 Å². The zero-order chi connectivity index (χ0) is 10.2. The molecule has 0 atom stereocenters. The van der Waals surface area contributed by atoms with E-state index in [0.717, 1.165) is 6.42 Å². The summed E-state index contributed by atoms with van der Waals surface area (Å²) in [5.74, 6) is 0.0225. The molecule has 78 valence electrons. The molecule has 1 amide bonds. The molecule has 1 rings (SSSR count). The largest absolute Gasteiger partial charge is 0.396 e. The lowest BCUT2D eigenvalue weighted by atomic mass is 10.2. The third-order valence-electron chi connectivity index (χ3n) is 1.88. The van der Waals surface area contributed by atoms with Crippen LogP contribution in [0.25, 0.3) is 0 Å². The maximum atomic E-state index is 11.1. The van der Waals surface area contributed by atoms with E-state index in [-0.39, 0.29) is 12.5 Å². The molecule has 0 saturated carbocycles. The molecule has 0 unspecified atom stereocenters. The molecule has 0 aliphatic heterocycles. The maximum Gasteiger partial charge on any atom is 0.220 e. The summed E-state index contributed by atoms with van der Waals surface area (Å²) in [5, 5.41) is 15.4. The zero-order valence-electron chi connectivity index (χ0n) is 8.03. The van der Waals surface area contributed by atoms with Crippen LogP contribution in [-0.4, -0.2) is 24.2 Å². The number of rotatable bonds is 6. The van der Waals surface area contributed by atoms with Gasteiger partial charge in [-0.25, -0.2) is 0 Å². The fourth-order valence-corrected chi connectivity index (χ4v) is 1.81. The van der Waals surface area contributed by atoms with Crippen molar-refractivity contribution in [3.63, 3.8) is 0 Å². The van der Waals surface area contributed by atoms with Gasteiger partial charge in [0.05, 0.1) is 0 Å². The first-order valence-corrected chi connectivity index (χ1v) is 5.66. The van der Waals surface area contributed by atoms with Gasteiger partial charge in [0.15, 0.2) is 0 Å². The lowest BCUT2D eigenvalue weighted by Crippen LogP contribution is -2.25. The lowest BCUT2D eigenvalue weighted by Gasteiger charge is -2.02. The van der Waals surface area contributed by atoms with Crippen molar-refractivity contribution in [3.05, 3.63) is 22.4 Å². The predicted octanol–water partition coefficient (Wildman–Crippen LogP) is 1.18. The highest BCUT2D eigenvalue weighted by molar-refractivity contribution is 7.07. The van der Waals surface area contributed by atoms with Crippen LogP contribution in [0.15, 0.2) is 16.8 Å². The van der Waals surface area contributed by atoms with Gasteiger partial charge in [-0.15, -0.1) is 0 Å². The Morgan fingerprint density at radius 1 is 1.57 bits per heavy atom. The van der Waals surface area contributed by atoms with Gasteiger partial charge in [-0.05, 0) is 35.2 Å². The SMILES string of the molecule is O=C(CCCO)NCCc1ccsc1. The first-order valence-electron chi connectivity index (χ1n) is 4.71. The second kappa shape index (κ2) is 6.56. The monoisotopic (exact) mass is 213 g/mol. The summed E-state index contributed by atoms with van der Waals surface area (Å²) in [7, 11) is 0. The predicted molar refractivity (Wildman–Crippen MR) is 57.4 cm³/mol. The van der Waals surface area contributed by atoms with Crippen molar-refractivity contribution < 1.29 is 9.90 Å². The molecule has 0 aromatic carbocycles. The normalized spacial score (nSPS) is 10.1. The van der Waals surface area contributed by atoms with E-state index in [1.165, 1.54) is 5.56 Å². The molecule has 2 N–H and O–H groups in total. The highest BCUT2D eigenvalue weighted by Gasteiger charge is 1.99. The van der Waals surface area contributed by atoms with Crippen LogP contribution < -0.4 is 5.32 Å². The molecule has 4 heteroatoms. The Morgan fingerprint density at radius 3 is 3.07 bits per heavy atom. The quantitative estimate of drug-likeness (QED) is 0.745. The minimum atomic E-state index is 0.0225. The molecule has 0 fully saturated rings. The molecule has 1 aromatic heterocycles. The van der Waals surface area contributed by atoms with Crippen LogP contribution in [0.4, 0.5) is 0 Å².